The number of carbonyl (C=O) groups is 2. The van der Waals surface area contributed by atoms with Crippen LogP contribution in [0.2, 0.25) is 5.02 Å². The molecule has 7 heteroatoms. The molecule has 2 aromatic carbocycles. The van der Waals surface area contributed by atoms with Crippen molar-refractivity contribution < 1.29 is 18.7 Å². The fourth-order valence-corrected chi connectivity index (χ4v) is 3.91. The molecule has 0 radical (unpaired) electrons. The highest BCUT2D eigenvalue weighted by molar-refractivity contribution is 6.33. The Bertz CT molecular complexity index is 905. The van der Waals surface area contributed by atoms with Gasteiger partial charge in [-0.05, 0) is 55.5 Å². The summed E-state index contributed by atoms with van der Waals surface area (Å²) in [5.74, 6) is -0.173. The molecule has 1 saturated heterocycles. The van der Waals surface area contributed by atoms with Gasteiger partial charge in [-0.25, -0.2) is 4.39 Å². The van der Waals surface area contributed by atoms with E-state index in [4.69, 9.17) is 16.3 Å². The zero-order valence-corrected chi connectivity index (χ0v) is 18.8. The summed E-state index contributed by atoms with van der Waals surface area (Å²) in [5.41, 5.74) is 1.07. The molecule has 1 aliphatic rings. The molecule has 3 rings (SSSR count). The van der Waals surface area contributed by atoms with Gasteiger partial charge in [-0.3, -0.25) is 9.59 Å². The lowest BCUT2D eigenvalue weighted by Crippen LogP contribution is -2.49. The van der Waals surface area contributed by atoms with Crippen LogP contribution in [0, 0.1) is 5.82 Å². The van der Waals surface area contributed by atoms with Crippen molar-refractivity contribution >= 4 is 23.4 Å². The molecule has 5 nitrogen and oxygen atoms in total. The Balaban J connectivity index is 1.50. The number of carbonyl (C=O) groups excluding carboxylic acids is 2. The topological polar surface area (TPSA) is 58.6 Å². The van der Waals surface area contributed by atoms with Crippen LogP contribution in [0.5, 0.6) is 5.75 Å². The minimum atomic E-state index is -0.648. The summed E-state index contributed by atoms with van der Waals surface area (Å²) in [7, 11) is 0. The number of benzene rings is 2. The van der Waals surface area contributed by atoms with E-state index in [2.05, 4.69) is 19.2 Å². The monoisotopic (exact) mass is 446 g/mol. The SMILES string of the molecule is CC(Oc1ccc(C(C)C)cc1)C(=O)N1CCC(NC(=O)c2c(F)cccc2Cl)CC1. The summed E-state index contributed by atoms with van der Waals surface area (Å²) in [6.07, 6.45) is 0.562. The van der Waals surface area contributed by atoms with Crippen LogP contribution in [-0.2, 0) is 4.79 Å². The second-order valence-electron chi connectivity index (χ2n) is 8.15. The highest BCUT2D eigenvalue weighted by Gasteiger charge is 2.28. The molecule has 1 N–H and O–H groups in total. The van der Waals surface area contributed by atoms with Crippen molar-refractivity contribution in [3.63, 3.8) is 0 Å². The van der Waals surface area contributed by atoms with Crippen LogP contribution in [0.4, 0.5) is 4.39 Å². The van der Waals surface area contributed by atoms with E-state index in [0.29, 0.717) is 37.6 Å². The number of ether oxygens (including phenoxy) is 1. The van der Waals surface area contributed by atoms with Gasteiger partial charge in [-0.2, -0.15) is 0 Å². The average Bonchev–Trinajstić information content (AvgIpc) is 2.74. The Hall–Kier alpha value is -2.60. The number of nitrogens with zero attached hydrogens (tertiary/aromatic N) is 1. The predicted octanol–water partition coefficient (Wildman–Crippen LogP) is 4.79. The van der Waals surface area contributed by atoms with Crippen molar-refractivity contribution in [2.24, 2.45) is 0 Å². The van der Waals surface area contributed by atoms with E-state index < -0.39 is 17.8 Å². The molecule has 2 amide bonds. The van der Waals surface area contributed by atoms with E-state index in [1.54, 1.807) is 11.8 Å². The molecule has 1 unspecified atom stereocenters. The smallest absolute Gasteiger partial charge is 0.263 e. The minimum Gasteiger partial charge on any atom is -0.481 e. The second kappa shape index (κ2) is 10.1. The fraction of sp³-hybridized carbons (Fsp3) is 0.417. The minimum absolute atomic E-state index is 0.0810. The van der Waals surface area contributed by atoms with Gasteiger partial charge < -0.3 is 15.0 Å². The first kappa shape index (κ1) is 23.1. The van der Waals surface area contributed by atoms with E-state index in [9.17, 15) is 14.0 Å². The summed E-state index contributed by atoms with van der Waals surface area (Å²) in [5, 5.41) is 2.91. The van der Waals surface area contributed by atoms with Crippen molar-refractivity contribution in [3.8, 4) is 5.75 Å². The van der Waals surface area contributed by atoms with Crippen LogP contribution in [-0.4, -0.2) is 41.9 Å². The van der Waals surface area contributed by atoms with Gasteiger partial charge in [0.1, 0.15) is 11.6 Å². The van der Waals surface area contributed by atoms with Gasteiger partial charge in [0.25, 0.3) is 11.8 Å². The third-order valence-corrected chi connectivity index (χ3v) is 5.85. The van der Waals surface area contributed by atoms with Crippen molar-refractivity contribution in [2.45, 2.75) is 51.7 Å². The summed E-state index contributed by atoms with van der Waals surface area (Å²) in [6, 6.07) is 11.8. The number of hydrogen-bond acceptors (Lipinski definition) is 3. The second-order valence-corrected chi connectivity index (χ2v) is 8.56. The largest absolute Gasteiger partial charge is 0.481 e. The van der Waals surface area contributed by atoms with Gasteiger partial charge in [-0.15, -0.1) is 0 Å². The summed E-state index contributed by atoms with van der Waals surface area (Å²) in [4.78, 5) is 26.9. The average molecular weight is 447 g/mol. The summed E-state index contributed by atoms with van der Waals surface area (Å²) >= 11 is 5.96. The maximum absolute atomic E-state index is 13.9. The number of piperidine rings is 1. The molecular weight excluding hydrogens is 419 g/mol. The highest BCUT2D eigenvalue weighted by atomic mass is 35.5. The van der Waals surface area contributed by atoms with Crippen molar-refractivity contribution in [1.82, 2.24) is 10.2 Å². The summed E-state index contributed by atoms with van der Waals surface area (Å²) in [6.45, 7) is 6.98. The maximum Gasteiger partial charge on any atom is 0.263 e. The van der Waals surface area contributed by atoms with Gasteiger partial charge in [0.2, 0.25) is 0 Å². The molecule has 1 aliphatic heterocycles. The molecule has 0 spiro atoms. The molecule has 0 aromatic heterocycles. The van der Waals surface area contributed by atoms with Crippen molar-refractivity contribution in [2.75, 3.05) is 13.1 Å². The molecule has 0 bridgehead atoms. The standard InChI is InChI=1S/C24H28ClFN2O3/c1-15(2)17-7-9-19(10-8-17)31-16(3)24(30)28-13-11-18(12-14-28)27-23(29)22-20(25)5-4-6-21(22)26/h4-10,15-16,18H,11-14H2,1-3H3,(H,27,29). The van der Waals surface area contributed by atoms with E-state index >= 15 is 0 Å². The lowest BCUT2D eigenvalue weighted by Gasteiger charge is -2.34. The number of rotatable bonds is 6. The van der Waals surface area contributed by atoms with Crippen LogP contribution in [0.1, 0.15) is 55.5 Å². The lowest BCUT2D eigenvalue weighted by atomic mass is 10.0. The van der Waals surface area contributed by atoms with Gasteiger partial charge in [0.15, 0.2) is 6.10 Å². The molecule has 2 aromatic rings. The Labute approximate surface area is 187 Å². The van der Waals surface area contributed by atoms with Gasteiger partial charge in [0, 0.05) is 19.1 Å². The van der Waals surface area contributed by atoms with E-state index in [1.165, 1.54) is 23.8 Å². The number of hydrogen-bond donors (Lipinski definition) is 1. The Morgan fingerprint density at radius 3 is 2.32 bits per heavy atom. The molecule has 0 saturated carbocycles. The van der Waals surface area contributed by atoms with E-state index in [0.717, 1.165) is 0 Å². The number of likely N-dealkylation sites (tertiary alicyclic amines) is 1. The number of halogens is 2. The molecule has 0 aliphatic carbocycles. The summed E-state index contributed by atoms with van der Waals surface area (Å²) < 4.78 is 19.8. The Morgan fingerprint density at radius 2 is 1.74 bits per heavy atom. The third-order valence-electron chi connectivity index (χ3n) is 5.54. The van der Waals surface area contributed by atoms with Crippen LogP contribution in [0.25, 0.3) is 0 Å². The Morgan fingerprint density at radius 1 is 1.10 bits per heavy atom. The van der Waals surface area contributed by atoms with E-state index in [1.807, 2.05) is 24.3 Å². The quantitative estimate of drug-likeness (QED) is 0.694. The Kier molecular flexibility index (Phi) is 7.55. The van der Waals surface area contributed by atoms with Crippen LogP contribution in [0.3, 0.4) is 0 Å². The van der Waals surface area contributed by atoms with Crippen LogP contribution in [0.15, 0.2) is 42.5 Å². The molecule has 1 atom stereocenters. The van der Waals surface area contributed by atoms with Gasteiger partial charge in [-0.1, -0.05) is 43.6 Å². The molecular formula is C24H28ClFN2O3. The fourth-order valence-electron chi connectivity index (χ4n) is 3.66. The highest BCUT2D eigenvalue weighted by Crippen LogP contribution is 2.22. The first-order chi connectivity index (χ1) is 14.8. The van der Waals surface area contributed by atoms with E-state index in [-0.39, 0.29) is 22.5 Å². The zero-order valence-electron chi connectivity index (χ0n) is 18.0. The molecule has 1 fully saturated rings. The normalized spacial score (nSPS) is 15.6. The van der Waals surface area contributed by atoms with Crippen LogP contribution >= 0.6 is 11.6 Å². The number of amides is 2. The molecule has 1 heterocycles. The maximum atomic E-state index is 13.9. The molecule has 31 heavy (non-hydrogen) atoms. The number of nitrogens with one attached hydrogen (secondary N) is 1. The van der Waals surface area contributed by atoms with Gasteiger partial charge in [0.05, 0.1) is 10.6 Å². The van der Waals surface area contributed by atoms with Crippen molar-refractivity contribution in [3.05, 3.63) is 64.4 Å². The van der Waals surface area contributed by atoms with Crippen LogP contribution < -0.4 is 10.1 Å². The molecule has 166 valence electrons. The predicted molar refractivity (Wildman–Crippen MR) is 119 cm³/mol. The first-order valence-electron chi connectivity index (χ1n) is 10.6. The zero-order chi connectivity index (χ0) is 22.5. The lowest BCUT2D eigenvalue weighted by molar-refractivity contribution is -0.139. The first-order valence-corrected chi connectivity index (χ1v) is 10.9. The van der Waals surface area contributed by atoms with Gasteiger partial charge >= 0.3 is 0 Å². The third kappa shape index (κ3) is 5.76. The van der Waals surface area contributed by atoms with Crippen molar-refractivity contribution in [1.29, 1.82) is 0 Å².